The van der Waals surface area contributed by atoms with Crippen LogP contribution >= 0.6 is 0 Å². The number of nitrogens with one attached hydrogen (secondary N) is 2. The molecule has 1 aliphatic heterocycles. The van der Waals surface area contributed by atoms with Gasteiger partial charge in [0.25, 0.3) is 0 Å². The first-order valence-electron chi connectivity index (χ1n) is 6.27. The van der Waals surface area contributed by atoms with Gasteiger partial charge in [-0.15, -0.1) is 0 Å². The Morgan fingerprint density at radius 1 is 1.53 bits per heavy atom. The van der Waals surface area contributed by atoms with E-state index in [0.29, 0.717) is 6.04 Å². The van der Waals surface area contributed by atoms with E-state index < -0.39 is 0 Å². The molecule has 0 bridgehead atoms. The van der Waals surface area contributed by atoms with E-state index in [-0.39, 0.29) is 11.9 Å². The molecule has 1 heterocycles. The van der Waals surface area contributed by atoms with E-state index in [1.165, 1.54) is 19.3 Å². The van der Waals surface area contributed by atoms with Crippen LogP contribution in [0.2, 0.25) is 0 Å². The molecule has 2 atom stereocenters. The van der Waals surface area contributed by atoms with E-state index >= 15 is 0 Å². The standard InChI is InChI=1S/C12H24N2O/c1-3-4-5-7-10(2)14-12(15)11-8-6-9-13-11/h10-11,13H,3-9H2,1-2H3,(H,14,15)/t10?,11-/m1/s1. The summed E-state index contributed by atoms with van der Waals surface area (Å²) in [4.78, 5) is 11.7. The van der Waals surface area contributed by atoms with Crippen LogP contribution in [0.4, 0.5) is 0 Å². The van der Waals surface area contributed by atoms with E-state index in [4.69, 9.17) is 0 Å². The van der Waals surface area contributed by atoms with Gasteiger partial charge in [-0.1, -0.05) is 26.2 Å². The van der Waals surface area contributed by atoms with Gasteiger partial charge in [-0.25, -0.2) is 0 Å². The van der Waals surface area contributed by atoms with Crippen LogP contribution in [0.5, 0.6) is 0 Å². The molecule has 0 radical (unpaired) electrons. The summed E-state index contributed by atoms with van der Waals surface area (Å²) < 4.78 is 0. The molecule has 0 spiro atoms. The van der Waals surface area contributed by atoms with E-state index in [2.05, 4.69) is 24.5 Å². The topological polar surface area (TPSA) is 41.1 Å². The summed E-state index contributed by atoms with van der Waals surface area (Å²) in [6, 6.07) is 0.394. The molecule has 1 saturated heterocycles. The van der Waals surface area contributed by atoms with Crippen molar-refractivity contribution in [2.45, 2.75) is 64.5 Å². The highest BCUT2D eigenvalue weighted by atomic mass is 16.2. The number of hydrogen-bond acceptors (Lipinski definition) is 2. The van der Waals surface area contributed by atoms with Gasteiger partial charge in [0.05, 0.1) is 6.04 Å². The SMILES string of the molecule is CCCCCC(C)NC(=O)[C@H]1CCCN1. The molecule has 2 N–H and O–H groups in total. The molecule has 88 valence electrons. The molecule has 0 aromatic carbocycles. The molecule has 0 aromatic rings. The molecule has 3 nitrogen and oxygen atoms in total. The van der Waals surface area contributed by atoms with E-state index in [1.54, 1.807) is 0 Å². The number of unbranched alkanes of at least 4 members (excludes halogenated alkanes) is 2. The second-order valence-corrected chi connectivity index (χ2v) is 4.55. The number of amides is 1. The summed E-state index contributed by atoms with van der Waals surface area (Å²) in [5, 5.41) is 6.30. The average molecular weight is 212 g/mol. The van der Waals surface area contributed by atoms with Gasteiger partial charge >= 0.3 is 0 Å². The Bertz CT molecular complexity index is 188. The molecule has 1 fully saturated rings. The van der Waals surface area contributed by atoms with Gasteiger partial charge in [0.2, 0.25) is 5.91 Å². The Kier molecular flexibility index (Phi) is 5.69. The van der Waals surface area contributed by atoms with Gasteiger partial charge in [-0.3, -0.25) is 4.79 Å². The highest BCUT2D eigenvalue weighted by Crippen LogP contribution is 2.07. The van der Waals surface area contributed by atoms with Gasteiger partial charge in [-0.05, 0) is 32.7 Å². The highest BCUT2D eigenvalue weighted by Gasteiger charge is 2.22. The predicted octanol–water partition coefficient (Wildman–Crippen LogP) is 1.82. The molecular formula is C12H24N2O. The fourth-order valence-electron chi connectivity index (χ4n) is 2.02. The van der Waals surface area contributed by atoms with Crippen molar-refractivity contribution in [3.8, 4) is 0 Å². The van der Waals surface area contributed by atoms with Crippen molar-refractivity contribution in [2.75, 3.05) is 6.54 Å². The first-order valence-corrected chi connectivity index (χ1v) is 6.27. The first-order chi connectivity index (χ1) is 7.24. The molecular weight excluding hydrogens is 188 g/mol. The highest BCUT2D eigenvalue weighted by molar-refractivity contribution is 5.82. The quantitative estimate of drug-likeness (QED) is 0.659. The third-order valence-corrected chi connectivity index (χ3v) is 3.01. The van der Waals surface area contributed by atoms with Crippen molar-refractivity contribution in [1.82, 2.24) is 10.6 Å². The lowest BCUT2D eigenvalue weighted by atomic mass is 10.1. The normalized spacial score (nSPS) is 22.7. The zero-order chi connectivity index (χ0) is 11.1. The largest absolute Gasteiger partial charge is 0.352 e. The first kappa shape index (κ1) is 12.5. The monoisotopic (exact) mass is 212 g/mol. The van der Waals surface area contributed by atoms with Crippen LogP contribution in [0.1, 0.15) is 52.4 Å². The Hall–Kier alpha value is -0.570. The second kappa shape index (κ2) is 6.83. The third kappa shape index (κ3) is 4.65. The molecule has 0 aromatic heterocycles. The molecule has 1 amide bonds. The fraction of sp³-hybridized carbons (Fsp3) is 0.917. The van der Waals surface area contributed by atoms with Gasteiger partial charge in [0, 0.05) is 6.04 Å². The molecule has 3 heteroatoms. The Balaban J connectivity index is 2.13. The zero-order valence-electron chi connectivity index (χ0n) is 10.0. The van der Waals surface area contributed by atoms with Crippen molar-refractivity contribution in [3.63, 3.8) is 0 Å². The summed E-state index contributed by atoms with van der Waals surface area (Å²) >= 11 is 0. The summed E-state index contributed by atoms with van der Waals surface area (Å²) in [6.45, 7) is 5.29. The van der Waals surface area contributed by atoms with Crippen LogP contribution in [0.3, 0.4) is 0 Å². The summed E-state index contributed by atoms with van der Waals surface area (Å²) in [5.74, 6) is 0.191. The Morgan fingerprint density at radius 3 is 2.93 bits per heavy atom. The van der Waals surface area contributed by atoms with Crippen molar-refractivity contribution >= 4 is 5.91 Å². The maximum atomic E-state index is 11.7. The number of carbonyl (C=O) groups excluding carboxylic acids is 1. The molecule has 0 saturated carbocycles. The lowest BCUT2D eigenvalue weighted by Crippen LogP contribution is -2.44. The van der Waals surface area contributed by atoms with Crippen LogP contribution < -0.4 is 10.6 Å². The van der Waals surface area contributed by atoms with E-state index in [0.717, 1.165) is 25.8 Å². The summed E-state index contributed by atoms with van der Waals surface area (Å²) in [7, 11) is 0. The maximum Gasteiger partial charge on any atom is 0.237 e. The molecule has 1 unspecified atom stereocenters. The van der Waals surface area contributed by atoms with Crippen molar-refractivity contribution < 1.29 is 4.79 Å². The molecule has 1 aliphatic rings. The number of carbonyl (C=O) groups is 1. The second-order valence-electron chi connectivity index (χ2n) is 4.55. The smallest absolute Gasteiger partial charge is 0.237 e. The van der Waals surface area contributed by atoms with Crippen LogP contribution in [0, 0.1) is 0 Å². The van der Waals surface area contributed by atoms with Crippen molar-refractivity contribution in [1.29, 1.82) is 0 Å². The molecule has 0 aliphatic carbocycles. The van der Waals surface area contributed by atoms with Crippen LogP contribution in [0.25, 0.3) is 0 Å². The number of hydrogen-bond donors (Lipinski definition) is 2. The lowest BCUT2D eigenvalue weighted by Gasteiger charge is -2.17. The van der Waals surface area contributed by atoms with Crippen molar-refractivity contribution in [3.05, 3.63) is 0 Å². The van der Waals surface area contributed by atoms with Gasteiger partial charge < -0.3 is 10.6 Å². The van der Waals surface area contributed by atoms with E-state index in [1.807, 2.05) is 0 Å². The summed E-state index contributed by atoms with van der Waals surface area (Å²) in [6.07, 6.45) is 6.95. The molecule has 1 rings (SSSR count). The van der Waals surface area contributed by atoms with Crippen LogP contribution in [-0.2, 0) is 4.79 Å². The number of rotatable bonds is 6. The fourth-order valence-corrected chi connectivity index (χ4v) is 2.02. The minimum absolute atomic E-state index is 0.0682. The van der Waals surface area contributed by atoms with E-state index in [9.17, 15) is 4.79 Å². The Morgan fingerprint density at radius 2 is 2.33 bits per heavy atom. The van der Waals surface area contributed by atoms with Crippen LogP contribution in [-0.4, -0.2) is 24.5 Å². The maximum absolute atomic E-state index is 11.7. The lowest BCUT2D eigenvalue weighted by molar-refractivity contribution is -0.123. The predicted molar refractivity (Wildman–Crippen MR) is 62.8 cm³/mol. The van der Waals surface area contributed by atoms with Gasteiger partial charge in [0.15, 0.2) is 0 Å². The van der Waals surface area contributed by atoms with Crippen LogP contribution in [0.15, 0.2) is 0 Å². The van der Waals surface area contributed by atoms with Gasteiger partial charge in [0.1, 0.15) is 0 Å². The molecule has 15 heavy (non-hydrogen) atoms. The summed E-state index contributed by atoms with van der Waals surface area (Å²) in [5.41, 5.74) is 0. The van der Waals surface area contributed by atoms with Gasteiger partial charge in [-0.2, -0.15) is 0 Å². The average Bonchev–Trinajstić information content (AvgIpc) is 2.70. The third-order valence-electron chi connectivity index (χ3n) is 3.01. The van der Waals surface area contributed by atoms with Crippen molar-refractivity contribution in [2.24, 2.45) is 0 Å². The minimum atomic E-state index is 0.0682. The Labute approximate surface area is 93.0 Å². The zero-order valence-corrected chi connectivity index (χ0v) is 10.0. The minimum Gasteiger partial charge on any atom is -0.352 e.